The summed E-state index contributed by atoms with van der Waals surface area (Å²) < 4.78 is 1.05. The maximum absolute atomic E-state index is 6.35. The second-order valence-electron chi connectivity index (χ2n) is 4.35. The average molecular weight is 327 g/mol. The molecule has 0 atom stereocenters. The van der Waals surface area contributed by atoms with Gasteiger partial charge in [0.05, 0.1) is 16.2 Å². The van der Waals surface area contributed by atoms with Gasteiger partial charge in [-0.15, -0.1) is 0 Å². The summed E-state index contributed by atoms with van der Waals surface area (Å²) in [5, 5.41) is 5.19. The van der Waals surface area contributed by atoms with Crippen LogP contribution in [0.1, 0.15) is 0 Å². The molecule has 0 bridgehead atoms. The predicted molar refractivity (Wildman–Crippen MR) is 79.5 cm³/mol. The number of rotatable bonds is 1. The fraction of sp³-hybridized carbons (Fsp3) is 0.308. The second kappa shape index (κ2) is 5.03. The highest BCUT2D eigenvalue weighted by atomic mass is 79.9. The summed E-state index contributed by atoms with van der Waals surface area (Å²) in [5.74, 6) is 0. The molecule has 0 saturated carbocycles. The molecule has 0 unspecified atom stereocenters. The van der Waals surface area contributed by atoms with Crippen LogP contribution in [0.25, 0.3) is 10.9 Å². The van der Waals surface area contributed by atoms with Gasteiger partial charge in [-0.2, -0.15) is 0 Å². The van der Waals surface area contributed by atoms with Crippen molar-refractivity contribution in [3.8, 4) is 0 Å². The van der Waals surface area contributed by atoms with E-state index in [2.05, 4.69) is 37.2 Å². The first-order valence-corrected chi connectivity index (χ1v) is 7.12. The van der Waals surface area contributed by atoms with Crippen molar-refractivity contribution in [2.75, 3.05) is 31.1 Å². The summed E-state index contributed by atoms with van der Waals surface area (Å²) in [7, 11) is 0. The molecule has 0 amide bonds. The largest absolute Gasteiger partial charge is 0.367 e. The van der Waals surface area contributed by atoms with Crippen LogP contribution < -0.4 is 10.2 Å². The molecule has 5 heteroatoms. The number of piperazine rings is 1. The Morgan fingerprint density at radius 3 is 2.83 bits per heavy atom. The van der Waals surface area contributed by atoms with Crippen molar-refractivity contribution >= 4 is 44.1 Å². The maximum Gasteiger partial charge on any atom is 0.0829 e. The Kier molecular flexibility index (Phi) is 3.41. The van der Waals surface area contributed by atoms with Crippen LogP contribution in [-0.4, -0.2) is 31.2 Å². The van der Waals surface area contributed by atoms with Crippen molar-refractivity contribution in [1.29, 1.82) is 0 Å². The smallest absolute Gasteiger partial charge is 0.0829 e. The zero-order chi connectivity index (χ0) is 12.5. The van der Waals surface area contributed by atoms with Gasteiger partial charge in [-0.1, -0.05) is 27.5 Å². The van der Waals surface area contributed by atoms with Gasteiger partial charge in [0, 0.05) is 42.2 Å². The quantitative estimate of drug-likeness (QED) is 0.873. The average Bonchev–Trinajstić information content (AvgIpc) is 2.39. The molecule has 1 aromatic heterocycles. The molecular weight excluding hydrogens is 314 g/mol. The van der Waals surface area contributed by atoms with E-state index in [9.17, 15) is 0 Å². The van der Waals surface area contributed by atoms with E-state index in [0.29, 0.717) is 0 Å². The molecule has 18 heavy (non-hydrogen) atoms. The van der Waals surface area contributed by atoms with Crippen LogP contribution in [0, 0.1) is 0 Å². The Morgan fingerprint density at radius 2 is 2.06 bits per heavy atom. The number of hydrogen-bond acceptors (Lipinski definition) is 3. The van der Waals surface area contributed by atoms with Gasteiger partial charge in [0.2, 0.25) is 0 Å². The fourth-order valence-electron chi connectivity index (χ4n) is 2.34. The van der Waals surface area contributed by atoms with E-state index in [1.54, 1.807) is 6.20 Å². The van der Waals surface area contributed by atoms with Gasteiger partial charge in [-0.25, -0.2) is 0 Å². The molecule has 3 rings (SSSR count). The number of halogens is 2. The zero-order valence-corrected chi connectivity index (χ0v) is 12.1. The molecule has 2 heterocycles. The molecule has 2 aromatic rings. The highest BCUT2D eigenvalue weighted by molar-refractivity contribution is 9.10. The molecule has 1 saturated heterocycles. The van der Waals surface area contributed by atoms with Crippen LogP contribution in [-0.2, 0) is 0 Å². The third kappa shape index (κ3) is 2.20. The Hall–Kier alpha value is -0.840. The molecule has 1 aliphatic heterocycles. The fourth-order valence-corrected chi connectivity index (χ4v) is 2.97. The van der Waals surface area contributed by atoms with Crippen molar-refractivity contribution in [2.24, 2.45) is 0 Å². The number of nitrogens with one attached hydrogen (secondary N) is 1. The van der Waals surface area contributed by atoms with Gasteiger partial charge >= 0.3 is 0 Å². The Labute approximate surface area is 119 Å². The van der Waals surface area contributed by atoms with Gasteiger partial charge in [0.15, 0.2) is 0 Å². The number of fused-ring (bicyclic) bond motifs is 1. The third-order valence-electron chi connectivity index (χ3n) is 3.19. The minimum absolute atomic E-state index is 0.725. The van der Waals surface area contributed by atoms with E-state index < -0.39 is 0 Å². The lowest BCUT2D eigenvalue weighted by molar-refractivity contribution is 0.590. The standard InChI is InChI=1S/C13H13BrClN3/c14-9-1-2-12-10(7-9)13(11(15)8-17-12)18-5-3-16-4-6-18/h1-2,7-8,16H,3-6H2. The number of pyridine rings is 1. The summed E-state index contributed by atoms with van der Waals surface area (Å²) in [4.78, 5) is 6.71. The second-order valence-corrected chi connectivity index (χ2v) is 5.68. The topological polar surface area (TPSA) is 28.2 Å². The van der Waals surface area contributed by atoms with Crippen LogP contribution in [0.5, 0.6) is 0 Å². The van der Waals surface area contributed by atoms with E-state index >= 15 is 0 Å². The van der Waals surface area contributed by atoms with Crippen LogP contribution in [0.4, 0.5) is 5.69 Å². The highest BCUT2D eigenvalue weighted by Gasteiger charge is 2.17. The van der Waals surface area contributed by atoms with Gasteiger partial charge in [0.25, 0.3) is 0 Å². The summed E-state index contributed by atoms with van der Waals surface area (Å²) in [5.41, 5.74) is 2.08. The first kappa shape index (κ1) is 12.2. The number of benzene rings is 1. The zero-order valence-electron chi connectivity index (χ0n) is 9.79. The van der Waals surface area contributed by atoms with Crippen LogP contribution >= 0.6 is 27.5 Å². The van der Waals surface area contributed by atoms with Gasteiger partial charge in [0.1, 0.15) is 0 Å². The van der Waals surface area contributed by atoms with E-state index in [-0.39, 0.29) is 0 Å². The summed E-state index contributed by atoms with van der Waals surface area (Å²) in [6, 6.07) is 6.11. The Bertz CT molecular complexity index is 576. The molecule has 0 radical (unpaired) electrons. The maximum atomic E-state index is 6.35. The molecule has 94 valence electrons. The molecule has 1 N–H and O–H groups in total. The van der Waals surface area contributed by atoms with Crippen LogP contribution in [0.15, 0.2) is 28.9 Å². The number of anilines is 1. The first-order chi connectivity index (χ1) is 8.75. The Morgan fingerprint density at radius 1 is 1.28 bits per heavy atom. The minimum atomic E-state index is 0.725. The molecule has 1 aliphatic rings. The van der Waals surface area contributed by atoms with E-state index in [1.165, 1.54) is 0 Å². The van der Waals surface area contributed by atoms with Crippen molar-refractivity contribution in [2.45, 2.75) is 0 Å². The SMILES string of the molecule is Clc1cnc2ccc(Br)cc2c1N1CCNCC1. The molecule has 3 nitrogen and oxygen atoms in total. The lowest BCUT2D eigenvalue weighted by atomic mass is 10.1. The predicted octanol–water partition coefficient (Wildman–Crippen LogP) is 3.06. The summed E-state index contributed by atoms with van der Waals surface area (Å²) in [6.45, 7) is 3.94. The molecule has 0 spiro atoms. The molecule has 1 aromatic carbocycles. The lowest BCUT2D eigenvalue weighted by Gasteiger charge is -2.31. The van der Waals surface area contributed by atoms with Crippen molar-refractivity contribution in [1.82, 2.24) is 10.3 Å². The van der Waals surface area contributed by atoms with Crippen molar-refractivity contribution in [3.63, 3.8) is 0 Å². The Balaban J connectivity index is 2.18. The number of hydrogen-bond donors (Lipinski definition) is 1. The van der Waals surface area contributed by atoms with E-state index in [1.807, 2.05) is 12.1 Å². The normalized spacial score (nSPS) is 16.2. The number of aromatic nitrogens is 1. The van der Waals surface area contributed by atoms with Gasteiger partial charge in [-0.3, -0.25) is 4.98 Å². The third-order valence-corrected chi connectivity index (χ3v) is 3.96. The van der Waals surface area contributed by atoms with Gasteiger partial charge < -0.3 is 10.2 Å². The van der Waals surface area contributed by atoms with Crippen LogP contribution in [0.3, 0.4) is 0 Å². The van der Waals surface area contributed by atoms with Crippen molar-refractivity contribution < 1.29 is 0 Å². The first-order valence-electron chi connectivity index (χ1n) is 5.95. The van der Waals surface area contributed by atoms with Gasteiger partial charge in [-0.05, 0) is 18.2 Å². The molecule has 1 fully saturated rings. The summed E-state index contributed by atoms with van der Waals surface area (Å²) in [6.07, 6.45) is 1.75. The molecular formula is C13H13BrClN3. The monoisotopic (exact) mass is 325 g/mol. The van der Waals surface area contributed by atoms with E-state index in [0.717, 1.165) is 52.3 Å². The van der Waals surface area contributed by atoms with Crippen LogP contribution in [0.2, 0.25) is 5.02 Å². The summed E-state index contributed by atoms with van der Waals surface area (Å²) >= 11 is 9.86. The van der Waals surface area contributed by atoms with E-state index in [4.69, 9.17) is 11.6 Å². The minimum Gasteiger partial charge on any atom is -0.367 e. The molecule has 0 aliphatic carbocycles. The lowest BCUT2D eigenvalue weighted by Crippen LogP contribution is -2.43. The van der Waals surface area contributed by atoms with Crippen molar-refractivity contribution in [3.05, 3.63) is 33.9 Å². The number of nitrogens with zero attached hydrogens (tertiary/aromatic N) is 2. The highest BCUT2D eigenvalue weighted by Crippen LogP contribution is 2.34.